The van der Waals surface area contributed by atoms with Crippen LogP contribution in [0.4, 0.5) is 5.69 Å². The first-order valence-corrected chi connectivity index (χ1v) is 6.15. The van der Waals surface area contributed by atoms with Crippen LogP contribution in [0.2, 0.25) is 0 Å². The lowest BCUT2D eigenvalue weighted by atomic mass is 9.96. The van der Waals surface area contributed by atoms with E-state index in [9.17, 15) is 10.1 Å². The molecule has 0 unspecified atom stereocenters. The minimum absolute atomic E-state index is 0.176. The lowest BCUT2D eigenvalue weighted by Gasteiger charge is -2.08. The van der Waals surface area contributed by atoms with Crippen LogP contribution in [0.3, 0.4) is 0 Å². The molecule has 0 aromatic heterocycles. The van der Waals surface area contributed by atoms with Gasteiger partial charge < -0.3 is 0 Å². The van der Waals surface area contributed by atoms with Gasteiger partial charge in [0.2, 0.25) is 0 Å². The average molecular weight is 251 g/mol. The summed E-state index contributed by atoms with van der Waals surface area (Å²) in [4.78, 5) is 10.9. The van der Waals surface area contributed by atoms with Crippen LogP contribution < -0.4 is 0 Å². The molecule has 0 aliphatic heterocycles. The molecule has 0 saturated carbocycles. The summed E-state index contributed by atoms with van der Waals surface area (Å²) in [5, 5.41) is 14.9. The fraction of sp³-hybridized carbons (Fsp3) is 0.125. The Labute approximate surface area is 110 Å². The normalized spacial score (nSPS) is 11.1. The van der Waals surface area contributed by atoms with Crippen molar-refractivity contribution in [1.29, 1.82) is 0 Å². The van der Waals surface area contributed by atoms with E-state index in [2.05, 4.69) is 12.1 Å². The highest BCUT2D eigenvalue weighted by Crippen LogP contribution is 2.35. The first-order valence-electron chi connectivity index (χ1n) is 6.15. The minimum Gasteiger partial charge on any atom is -0.258 e. The molecule has 19 heavy (non-hydrogen) atoms. The molecule has 3 aromatic carbocycles. The zero-order valence-corrected chi connectivity index (χ0v) is 10.8. The van der Waals surface area contributed by atoms with Gasteiger partial charge in [0.05, 0.1) is 10.3 Å². The van der Waals surface area contributed by atoms with Gasteiger partial charge in [-0.2, -0.15) is 0 Å². The first kappa shape index (κ1) is 11.7. The van der Waals surface area contributed by atoms with Crippen LogP contribution in [0.25, 0.3) is 21.5 Å². The number of rotatable bonds is 1. The lowest BCUT2D eigenvalue weighted by Crippen LogP contribution is -1.92. The number of nitro benzene ring substituents is 1. The fourth-order valence-corrected chi connectivity index (χ4v) is 2.70. The Balaban J connectivity index is 2.61. The predicted molar refractivity (Wildman–Crippen MR) is 77.6 cm³/mol. The maximum atomic E-state index is 11.2. The molecule has 3 heteroatoms. The number of nitrogens with zero attached hydrogens (tertiary/aromatic N) is 1. The molecule has 3 nitrogen and oxygen atoms in total. The Morgan fingerprint density at radius 1 is 0.895 bits per heavy atom. The van der Waals surface area contributed by atoms with E-state index in [0.717, 1.165) is 21.7 Å². The van der Waals surface area contributed by atoms with Crippen molar-refractivity contribution in [3.05, 3.63) is 63.7 Å². The van der Waals surface area contributed by atoms with Crippen molar-refractivity contribution < 1.29 is 4.92 Å². The molecule has 94 valence electrons. The van der Waals surface area contributed by atoms with Crippen molar-refractivity contribution in [3.63, 3.8) is 0 Å². The highest BCUT2D eigenvalue weighted by molar-refractivity contribution is 6.12. The Bertz CT molecular complexity index is 822. The second-order valence-electron chi connectivity index (χ2n) is 4.88. The highest BCUT2D eigenvalue weighted by Gasteiger charge is 2.15. The summed E-state index contributed by atoms with van der Waals surface area (Å²) in [6.45, 7) is 4.04. The van der Waals surface area contributed by atoms with Gasteiger partial charge in [-0.25, -0.2) is 0 Å². The Morgan fingerprint density at radius 2 is 1.58 bits per heavy atom. The standard InChI is InChI=1S/C16H13NO2/c1-10-7-11(2)14-9-16(17(18)19)13-6-4-3-5-12(13)15(14)8-10/h3-9H,1-2H3. The van der Waals surface area contributed by atoms with Crippen molar-refractivity contribution in [1.82, 2.24) is 0 Å². The molecule has 0 bridgehead atoms. The largest absolute Gasteiger partial charge is 0.277 e. The van der Waals surface area contributed by atoms with Crippen molar-refractivity contribution in [2.75, 3.05) is 0 Å². The summed E-state index contributed by atoms with van der Waals surface area (Å²) in [5.74, 6) is 0. The lowest BCUT2D eigenvalue weighted by molar-refractivity contribution is -0.382. The molecular formula is C16H13NO2. The van der Waals surface area contributed by atoms with Crippen molar-refractivity contribution >= 4 is 27.2 Å². The summed E-state index contributed by atoms with van der Waals surface area (Å²) in [5.41, 5.74) is 2.42. The highest BCUT2D eigenvalue weighted by atomic mass is 16.6. The first-order chi connectivity index (χ1) is 9.08. The summed E-state index contributed by atoms with van der Waals surface area (Å²) in [7, 11) is 0. The van der Waals surface area contributed by atoms with Gasteiger partial charge in [-0.3, -0.25) is 10.1 Å². The third-order valence-corrected chi connectivity index (χ3v) is 3.50. The van der Waals surface area contributed by atoms with Crippen molar-refractivity contribution in [2.24, 2.45) is 0 Å². The van der Waals surface area contributed by atoms with E-state index >= 15 is 0 Å². The second-order valence-corrected chi connectivity index (χ2v) is 4.88. The van der Waals surface area contributed by atoms with Gasteiger partial charge in [-0.15, -0.1) is 0 Å². The number of nitro groups is 1. The predicted octanol–water partition coefficient (Wildman–Crippen LogP) is 4.52. The van der Waals surface area contributed by atoms with Crippen LogP contribution in [0.5, 0.6) is 0 Å². The molecule has 0 atom stereocenters. The van der Waals surface area contributed by atoms with Crippen LogP contribution in [0.1, 0.15) is 11.1 Å². The number of hydrogen-bond acceptors (Lipinski definition) is 2. The number of hydrogen-bond donors (Lipinski definition) is 0. The molecule has 0 N–H and O–H groups in total. The average Bonchev–Trinajstić information content (AvgIpc) is 2.37. The van der Waals surface area contributed by atoms with Crippen LogP contribution in [-0.4, -0.2) is 4.92 Å². The monoisotopic (exact) mass is 251 g/mol. The molecule has 0 radical (unpaired) electrons. The van der Waals surface area contributed by atoms with E-state index in [0.29, 0.717) is 5.39 Å². The van der Waals surface area contributed by atoms with Crippen LogP contribution in [-0.2, 0) is 0 Å². The van der Waals surface area contributed by atoms with Gasteiger partial charge in [0, 0.05) is 6.07 Å². The molecule has 0 aliphatic rings. The third kappa shape index (κ3) is 1.74. The van der Waals surface area contributed by atoms with E-state index in [-0.39, 0.29) is 10.6 Å². The van der Waals surface area contributed by atoms with Gasteiger partial charge in [-0.1, -0.05) is 35.9 Å². The van der Waals surface area contributed by atoms with E-state index < -0.39 is 0 Å². The van der Waals surface area contributed by atoms with Crippen molar-refractivity contribution in [2.45, 2.75) is 13.8 Å². The topological polar surface area (TPSA) is 43.1 Å². The van der Waals surface area contributed by atoms with Crippen LogP contribution in [0.15, 0.2) is 42.5 Å². The van der Waals surface area contributed by atoms with Gasteiger partial charge in [0.15, 0.2) is 0 Å². The number of non-ortho nitro benzene ring substituents is 1. The van der Waals surface area contributed by atoms with Crippen LogP contribution >= 0.6 is 0 Å². The van der Waals surface area contributed by atoms with E-state index in [4.69, 9.17) is 0 Å². The maximum Gasteiger partial charge on any atom is 0.277 e. The van der Waals surface area contributed by atoms with Gasteiger partial charge >= 0.3 is 0 Å². The molecule has 0 spiro atoms. The number of benzene rings is 3. The van der Waals surface area contributed by atoms with E-state index in [1.165, 1.54) is 5.56 Å². The summed E-state index contributed by atoms with van der Waals surface area (Å²) in [6, 6.07) is 13.3. The molecule has 0 heterocycles. The molecule has 3 aromatic rings. The summed E-state index contributed by atoms with van der Waals surface area (Å²) >= 11 is 0. The second kappa shape index (κ2) is 4.05. The third-order valence-electron chi connectivity index (χ3n) is 3.50. The fourth-order valence-electron chi connectivity index (χ4n) is 2.70. The zero-order chi connectivity index (χ0) is 13.6. The minimum atomic E-state index is -0.304. The SMILES string of the molecule is Cc1cc(C)c2cc([N+](=O)[O-])c3ccccc3c2c1. The van der Waals surface area contributed by atoms with Gasteiger partial charge in [0.1, 0.15) is 0 Å². The zero-order valence-electron chi connectivity index (χ0n) is 10.8. The molecule has 0 saturated heterocycles. The van der Waals surface area contributed by atoms with Crippen molar-refractivity contribution in [3.8, 4) is 0 Å². The van der Waals surface area contributed by atoms with Crippen LogP contribution in [0, 0.1) is 24.0 Å². The molecule has 3 rings (SSSR count). The Morgan fingerprint density at radius 3 is 2.26 bits per heavy atom. The quantitative estimate of drug-likeness (QED) is 0.362. The number of fused-ring (bicyclic) bond motifs is 3. The molecular weight excluding hydrogens is 238 g/mol. The molecule has 0 fully saturated rings. The molecule has 0 amide bonds. The Kier molecular flexibility index (Phi) is 2.49. The van der Waals surface area contributed by atoms with Gasteiger partial charge in [-0.05, 0) is 41.6 Å². The summed E-state index contributed by atoms with van der Waals surface area (Å²) < 4.78 is 0. The van der Waals surface area contributed by atoms with E-state index in [1.807, 2.05) is 38.1 Å². The van der Waals surface area contributed by atoms with E-state index in [1.54, 1.807) is 6.07 Å². The number of aryl methyl sites for hydroxylation is 2. The van der Waals surface area contributed by atoms with Gasteiger partial charge in [0.25, 0.3) is 5.69 Å². The molecule has 0 aliphatic carbocycles. The Hall–Kier alpha value is -2.42. The maximum absolute atomic E-state index is 11.2. The smallest absolute Gasteiger partial charge is 0.258 e. The summed E-state index contributed by atoms with van der Waals surface area (Å²) in [6.07, 6.45) is 0.